The van der Waals surface area contributed by atoms with E-state index >= 15 is 0 Å². The van der Waals surface area contributed by atoms with Crippen LogP contribution in [0.4, 0.5) is 0 Å². The highest BCUT2D eigenvalue weighted by Gasteiger charge is 2.27. The van der Waals surface area contributed by atoms with Crippen LogP contribution < -0.4 is 0 Å². The molecule has 1 heterocycles. The Bertz CT molecular complexity index is 1140. The quantitative estimate of drug-likeness (QED) is 0.661. The number of aryl methyl sites for hydroxylation is 1. The summed E-state index contributed by atoms with van der Waals surface area (Å²) in [5.41, 5.74) is 4.01. The number of morpholine rings is 1. The second-order valence-corrected chi connectivity index (χ2v) is 8.90. The Labute approximate surface area is 189 Å². The molecule has 0 radical (unpaired) electrons. The number of amides is 1. The molecule has 1 aliphatic carbocycles. The Hall–Kier alpha value is -2.89. The van der Waals surface area contributed by atoms with Gasteiger partial charge in [0.1, 0.15) is 5.75 Å². The molecule has 0 unspecified atom stereocenters. The van der Waals surface area contributed by atoms with E-state index in [9.17, 15) is 9.90 Å². The van der Waals surface area contributed by atoms with Crippen LogP contribution in [0.3, 0.4) is 0 Å². The molecule has 3 aromatic rings. The Morgan fingerprint density at radius 2 is 1.88 bits per heavy atom. The third-order valence-electron chi connectivity index (χ3n) is 6.93. The van der Waals surface area contributed by atoms with Crippen LogP contribution in [0.5, 0.6) is 5.75 Å². The van der Waals surface area contributed by atoms with Crippen molar-refractivity contribution >= 4 is 16.7 Å². The molecule has 166 valence electrons. The predicted molar refractivity (Wildman–Crippen MR) is 126 cm³/mol. The van der Waals surface area contributed by atoms with Crippen molar-refractivity contribution in [1.82, 2.24) is 9.80 Å². The second-order valence-electron chi connectivity index (χ2n) is 8.90. The average Bonchev–Trinajstić information content (AvgIpc) is 2.85. The number of hydrogen-bond donors (Lipinski definition) is 1. The Kier molecular flexibility index (Phi) is 5.85. The van der Waals surface area contributed by atoms with Crippen LogP contribution in [0.2, 0.25) is 0 Å². The number of phenols is 1. The lowest BCUT2D eigenvalue weighted by Crippen LogP contribution is -2.40. The van der Waals surface area contributed by atoms with Crippen molar-refractivity contribution in [2.75, 3.05) is 33.4 Å². The van der Waals surface area contributed by atoms with Gasteiger partial charge in [-0.05, 0) is 54.3 Å². The minimum Gasteiger partial charge on any atom is -0.507 e. The molecule has 0 aromatic heterocycles. The largest absolute Gasteiger partial charge is 0.507 e. The van der Waals surface area contributed by atoms with E-state index in [1.165, 1.54) is 11.1 Å². The van der Waals surface area contributed by atoms with Crippen LogP contribution in [0.1, 0.15) is 45.9 Å². The van der Waals surface area contributed by atoms with Gasteiger partial charge >= 0.3 is 0 Å². The van der Waals surface area contributed by atoms with Gasteiger partial charge in [-0.2, -0.15) is 0 Å². The van der Waals surface area contributed by atoms with E-state index in [-0.39, 0.29) is 11.7 Å². The van der Waals surface area contributed by atoms with Crippen LogP contribution >= 0.6 is 0 Å². The highest BCUT2D eigenvalue weighted by molar-refractivity contribution is 6.03. The molecule has 1 amide bonds. The molecule has 2 aliphatic rings. The predicted octanol–water partition coefficient (Wildman–Crippen LogP) is 4.53. The smallest absolute Gasteiger partial charge is 0.257 e. The van der Waals surface area contributed by atoms with Crippen LogP contribution in [0.25, 0.3) is 10.8 Å². The van der Waals surface area contributed by atoms with Gasteiger partial charge in [-0.25, -0.2) is 0 Å². The summed E-state index contributed by atoms with van der Waals surface area (Å²) in [6.45, 7) is 2.77. The maximum absolute atomic E-state index is 13.3. The zero-order valence-electron chi connectivity index (χ0n) is 18.6. The van der Waals surface area contributed by atoms with Crippen molar-refractivity contribution in [2.24, 2.45) is 0 Å². The highest BCUT2D eigenvalue weighted by atomic mass is 16.5. The van der Waals surface area contributed by atoms with Crippen LogP contribution in [0.15, 0.2) is 54.6 Å². The molecule has 0 saturated carbocycles. The average molecular weight is 431 g/mol. The minimum atomic E-state index is -0.122. The van der Waals surface area contributed by atoms with E-state index in [1.807, 2.05) is 30.3 Å². The van der Waals surface area contributed by atoms with E-state index < -0.39 is 0 Å². The SMILES string of the molecule is CN(Cc1c(O)c(C(=O)N2CCOCC2)cc2ccccc12)[C@@H]1CCCc2ccccc21. The first-order valence-corrected chi connectivity index (χ1v) is 11.5. The summed E-state index contributed by atoms with van der Waals surface area (Å²) in [6, 6.07) is 18.8. The third kappa shape index (κ3) is 3.87. The van der Waals surface area contributed by atoms with Crippen molar-refractivity contribution in [2.45, 2.75) is 31.8 Å². The molecule has 3 aromatic carbocycles. The van der Waals surface area contributed by atoms with Gasteiger partial charge in [-0.3, -0.25) is 9.69 Å². The lowest BCUT2D eigenvalue weighted by Gasteiger charge is -2.34. The lowest BCUT2D eigenvalue weighted by atomic mass is 9.86. The molecule has 1 atom stereocenters. The second kappa shape index (κ2) is 8.93. The maximum atomic E-state index is 13.3. The summed E-state index contributed by atoms with van der Waals surface area (Å²) in [5, 5.41) is 13.3. The molecule has 5 nitrogen and oxygen atoms in total. The molecule has 1 N–H and O–H groups in total. The van der Waals surface area contributed by atoms with Crippen LogP contribution in [-0.4, -0.2) is 54.2 Å². The number of fused-ring (bicyclic) bond motifs is 2. The maximum Gasteiger partial charge on any atom is 0.257 e. The van der Waals surface area contributed by atoms with Crippen LogP contribution in [-0.2, 0) is 17.7 Å². The first-order valence-electron chi connectivity index (χ1n) is 11.5. The first kappa shape index (κ1) is 21.0. The van der Waals surface area contributed by atoms with Gasteiger partial charge in [0.15, 0.2) is 0 Å². The fraction of sp³-hybridized carbons (Fsp3) is 0.370. The third-order valence-corrected chi connectivity index (χ3v) is 6.93. The number of nitrogens with zero attached hydrogens (tertiary/aromatic N) is 2. The molecule has 5 heteroatoms. The number of hydrogen-bond acceptors (Lipinski definition) is 4. The number of aromatic hydroxyl groups is 1. The van der Waals surface area contributed by atoms with E-state index in [0.717, 1.165) is 35.6 Å². The fourth-order valence-corrected chi connectivity index (χ4v) is 5.22. The van der Waals surface area contributed by atoms with Gasteiger partial charge in [0.25, 0.3) is 5.91 Å². The Morgan fingerprint density at radius 3 is 2.72 bits per heavy atom. The van der Waals surface area contributed by atoms with E-state index in [0.29, 0.717) is 44.5 Å². The number of carbonyl (C=O) groups is 1. The monoisotopic (exact) mass is 430 g/mol. The van der Waals surface area contributed by atoms with Crippen molar-refractivity contribution in [3.63, 3.8) is 0 Å². The molecular weight excluding hydrogens is 400 g/mol. The standard InChI is InChI=1S/C27H30N2O3/c1-28(25-12-6-9-19-7-2-5-11-22(19)25)18-24-21-10-4-3-8-20(21)17-23(26(24)30)27(31)29-13-15-32-16-14-29/h2-5,7-8,10-11,17,25,30H,6,9,12-16,18H2,1H3/t25-/m1/s1. The van der Waals surface area contributed by atoms with E-state index in [2.05, 4.69) is 36.2 Å². The molecule has 0 spiro atoms. The summed E-state index contributed by atoms with van der Waals surface area (Å²) in [4.78, 5) is 17.4. The number of ether oxygens (including phenoxy) is 1. The summed E-state index contributed by atoms with van der Waals surface area (Å²) in [5.74, 6) is -0.0143. The van der Waals surface area contributed by atoms with E-state index in [4.69, 9.17) is 4.74 Å². The number of carbonyl (C=O) groups excluding carboxylic acids is 1. The van der Waals surface area contributed by atoms with E-state index in [1.54, 1.807) is 4.90 Å². The summed E-state index contributed by atoms with van der Waals surface area (Å²) in [6.07, 6.45) is 3.38. The van der Waals surface area contributed by atoms with Crippen molar-refractivity contribution < 1.29 is 14.6 Å². The van der Waals surface area contributed by atoms with Gasteiger partial charge in [0.2, 0.25) is 0 Å². The van der Waals surface area contributed by atoms with Crippen LogP contribution in [0, 0.1) is 0 Å². The summed E-state index contributed by atoms with van der Waals surface area (Å²) < 4.78 is 5.40. The fourth-order valence-electron chi connectivity index (χ4n) is 5.22. The number of rotatable bonds is 4. The summed E-state index contributed by atoms with van der Waals surface area (Å²) >= 11 is 0. The first-order chi connectivity index (χ1) is 15.6. The zero-order chi connectivity index (χ0) is 22.1. The molecule has 0 bridgehead atoms. The number of phenolic OH excluding ortho intramolecular Hbond substituents is 1. The minimum absolute atomic E-state index is 0.108. The topological polar surface area (TPSA) is 53.0 Å². The molecule has 5 rings (SSSR count). The summed E-state index contributed by atoms with van der Waals surface area (Å²) in [7, 11) is 2.12. The van der Waals surface area contributed by atoms with Crippen molar-refractivity contribution in [3.05, 3.63) is 76.9 Å². The van der Waals surface area contributed by atoms with Gasteiger partial charge in [0.05, 0.1) is 18.8 Å². The normalized spacial score (nSPS) is 18.7. The Balaban J connectivity index is 1.52. The van der Waals surface area contributed by atoms with Crippen molar-refractivity contribution in [3.8, 4) is 5.75 Å². The van der Waals surface area contributed by atoms with Gasteiger partial charge < -0.3 is 14.7 Å². The molecule has 32 heavy (non-hydrogen) atoms. The molecule has 1 fully saturated rings. The molecule has 1 aliphatic heterocycles. The number of benzene rings is 3. The lowest BCUT2D eigenvalue weighted by molar-refractivity contribution is 0.0301. The molecule has 1 saturated heterocycles. The van der Waals surface area contributed by atoms with Gasteiger partial charge in [0, 0.05) is 31.2 Å². The van der Waals surface area contributed by atoms with Gasteiger partial charge in [-0.1, -0.05) is 48.5 Å². The Morgan fingerprint density at radius 1 is 1.12 bits per heavy atom. The zero-order valence-corrected chi connectivity index (χ0v) is 18.6. The van der Waals surface area contributed by atoms with Crippen molar-refractivity contribution in [1.29, 1.82) is 0 Å². The molecular formula is C27H30N2O3. The van der Waals surface area contributed by atoms with Gasteiger partial charge in [-0.15, -0.1) is 0 Å². The highest BCUT2D eigenvalue weighted by Crippen LogP contribution is 2.38.